The molecule has 33 heavy (non-hydrogen) atoms. The number of halogens is 2. The molecule has 180 valence electrons. The van der Waals surface area contributed by atoms with Gasteiger partial charge in [0.1, 0.15) is 5.75 Å². The SMILES string of the molecule is Cc1ccc2c(c1O)C[C@@H](C1CCN(Cc3sc4ccccc4c3C)CC1)O[C@H]2CN.Cl.Cl. The third kappa shape index (κ3) is 5.04. The molecule has 7 heteroatoms. The van der Waals surface area contributed by atoms with Crippen molar-refractivity contribution in [2.24, 2.45) is 11.7 Å². The topological polar surface area (TPSA) is 58.7 Å². The highest BCUT2D eigenvalue weighted by molar-refractivity contribution is 7.19. The van der Waals surface area contributed by atoms with E-state index in [1.54, 1.807) is 0 Å². The van der Waals surface area contributed by atoms with Crippen LogP contribution in [0.1, 0.15) is 46.1 Å². The van der Waals surface area contributed by atoms with E-state index in [1.165, 1.54) is 20.5 Å². The van der Waals surface area contributed by atoms with Gasteiger partial charge >= 0.3 is 0 Å². The lowest BCUT2D eigenvalue weighted by Gasteiger charge is -2.40. The third-order valence-corrected chi connectivity index (χ3v) is 8.55. The molecule has 1 aromatic heterocycles. The van der Waals surface area contributed by atoms with Crippen LogP contribution in [0.25, 0.3) is 10.1 Å². The molecule has 3 heterocycles. The first-order chi connectivity index (χ1) is 15.0. The molecule has 0 unspecified atom stereocenters. The van der Waals surface area contributed by atoms with Gasteiger partial charge in [-0.15, -0.1) is 36.2 Å². The van der Waals surface area contributed by atoms with E-state index in [2.05, 4.69) is 42.2 Å². The Hall–Kier alpha value is -1.34. The van der Waals surface area contributed by atoms with Gasteiger partial charge in [-0.05, 0) is 73.8 Å². The van der Waals surface area contributed by atoms with Crippen molar-refractivity contribution in [3.8, 4) is 5.75 Å². The Morgan fingerprint density at radius 2 is 1.82 bits per heavy atom. The second-order valence-corrected chi connectivity index (χ2v) is 10.3. The van der Waals surface area contributed by atoms with Crippen molar-refractivity contribution in [1.29, 1.82) is 0 Å². The molecule has 1 saturated heterocycles. The van der Waals surface area contributed by atoms with E-state index in [9.17, 15) is 5.11 Å². The van der Waals surface area contributed by atoms with Gasteiger partial charge in [0.05, 0.1) is 12.2 Å². The lowest BCUT2D eigenvalue weighted by Crippen LogP contribution is -2.41. The van der Waals surface area contributed by atoms with Crippen molar-refractivity contribution in [2.45, 2.75) is 51.9 Å². The number of nitrogens with two attached hydrogens (primary N) is 1. The molecule has 0 saturated carbocycles. The maximum absolute atomic E-state index is 10.7. The van der Waals surface area contributed by atoms with Crippen molar-refractivity contribution in [1.82, 2.24) is 4.90 Å². The van der Waals surface area contributed by atoms with E-state index in [0.717, 1.165) is 55.6 Å². The van der Waals surface area contributed by atoms with Crippen LogP contribution in [0.4, 0.5) is 0 Å². The van der Waals surface area contributed by atoms with E-state index in [1.807, 2.05) is 24.3 Å². The Morgan fingerprint density at radius 3 is 2.52 bits per heavy atom. The highest BCUT2D eigenvalue weighted by atomic mass is 35.5. The number of fused-ring (bicyclic) bond motifs is 2. The number of nitrogens with zero attached hydrogens (tertiary/aromatic N) is 1. The number of phenolic OH excluding ortho intramolecular Hbond substituents is 1. The van der Waals surface area contributed by atoms with Crippen LogP contribution in [-0.4, -0.2) is 35.7 Å². The number of aryl methyl sites for hydroxylation is 2. The molecule has 0 aliphatic carbocycles. The van der Waals surface area contributed by atoms with Gasteiger partial charge in [-0.3, -0.25) is 4.90 Å². The molecule has 3 aromatic rings. The van der Waals surface area contributed by atoms with Crippen LogP contribution < -0.4 is 5.73 Å². The van der Waals surface area contributed by atoms with Gasteiger partial charge in [-0.1, -0.05) is 30.3 Å². The number of phenols is 1. The van der Waals surface area contributed by atoms with E-state index in [-0.39, 0.29) is 37.0 Å². The number of likely N-dealkylation sites (tertiary alicyclic amines) is 1. The third-order valence-electron chi connectivity index (χ3n) is 7.29. The largest absolute Gasteiger partial charge is 0.507 e. The fraction of sp³-hybridized carbons (Fsp3) is 0.462. The zero-order chi connectivity index (χ0) is 21.5. The molecular formula is C26H34Cl2N2O2S. The summed E-state index contributed by atoms with van der Waals surface area (Å²) in [4.78, 5) is 4.08. The predicted molar refractivity (Wildman–Crippen MR) is 142 cm³/mol. The monoisotopic (exact) mass is 508 g/mol. The minimum atomic E-state index is -0.112. The van der Waals surface area contributed by atoms with Crippen molar-refractivity contribution in [2.75, 3.05) is 19.6 Å². The number of aromatic hydroxyl groups is 1. The van der Waals surface area contributed by atoms with Gasteiger partial charge < -0.3 is 15.6 Å². The lowest BCUT2D eigenvalue weighted by atomic mass is 9.83. The summed E-state index contributed by atoms with van der Waals surface area (Å²) in [6, 6.07) is 12.8. The summed E-state index contributed by atoms with van der Waals surface area (Å²) in [5.41, 5.74) is 10.5. The Balaban J connectivity index is 0.00000153. The van der Waals surface area contributed by atoms with Crippen LogP contribution >= 0.6 is 36.2 Å². The van der Waals surface area contributed by atoms with Gasteiger partial charge in [0.2, 0.25) is 0 Å². The Bertz CT molecular complexity index is 1100. The van der Waals surface area contributed by atoms with Crippen molar-refractivity contribution >= 4 is 46.2 Å². The highest BCUT2D eigenvalue weighted by Gasteiger charge is 2.35. The Kier molecular flexibility index (Phi) is 8.71. The molecule has 2 atom stereocenters. The maximum atomic E-state index is 10.7. The number of hydrogen-bond acceptors (Lipinski definition) is 5. The number of ether oxygens (including phenoxy) is 1. The molecule has 1 fully saturated rings. The van der Waals surface area contributed by atoms with Crippen LogP contribution in [0.3, 0.4) is 0 Å². The Morgan fingerprint density at radius 1 is 1.09 bits per heavy atom. The molecule has 0 amide bonds. The average Bonchev–Trinajstić information content (AvgIpc) is 3.11. The summed E-state index contributed by atoms with van der Waals surface area (Å²) >= 11 is 1.94. The van der Waals surface area contributed by atoms with Crippen LogP contribution in [0.5, 0.6) is 5.75 Å². The highest BCUT2D eigenvalue weighted by Crippen LogP contribution is 2.40. The van der Waals surface area contributed by atoms with E-state index in [4.69, 9.17) is 10.5 Å². The number of hydrogen-bond donors (Lipinski definition) is 2. The molecule has 0 radical (unpaired) electrons. The zero-order valence-corrected chi connectivity index (χ0v) is 21.7. The van der Waals surface area contributed by atoms with Gasteiger partial charge in [0.25, 0.3) is 0 Å². The van der Waals surface area contributed by atoms with Crippen molar-refractivity contribution in [3.05, 3.63) is 63.5 Å². The molecule has 5 rings (SSSR count). The minimum Gasteiger partial charge on any atom is -0.507 e. The fourth-order valence-corrected chi connectivity index (χ4v) is 6.59. The standard InChI is InChI=1S/C26H32N2O2S.2ClH/c1-16-7-8-20-21(26(16)29)13-22(30-23(20)14-27)18-9-11-28(12-10-18)15-25-17(2)19-5-3-4-6-24(19)31-25;;/h3-8,18,22-23,29H,9-15,27H2,1-2H3;2*1H/t22-,23-;;/m0../s1. The lowest BCUT2D eigenvalue weighted by molar-refractivity contribution is -0.0650. The van der Waals surface area contributed by atoms with Gasteiger partial charge in [-0.2, -0.15) is 0 Å². The minimum absolute atomic E-state index is 0. The molecule has 4 nitrogen and oxygen atoms in total. The number of benzene rings is 2. The summed E-state index contributed by atoms with van der Waals surface area (Å²) in [5, 5.41) is 12.1. The number of rotatable bonds is 4. The molecule has 2 aliphatic rings. The summed E-state index contributed by atoms with van der Waals surface area (Å²) in [7, 11) is 0. The maximum Gasteiger partial charge on any atom is 0.122 e. The summed E-state index contributed by atoms with van der Waals surface area (Å²) in [6.07, 6.45) is 3.09. The number of piperidine rings is 1. The molecule has 3 N–H and O–H groups in total. The van der Waals surface area contributed by atoms with Crippen LogP contribution in [0.15, 0.2) is 36.4 Å². The van der Waals surface area contributed by atoms with Crippen molar-refractivity contribution < 1.29 is 9.84 Å². The first-order valence-corrected chi connectivity index (χ1v) is 12.2. The van der Waals surface area contributed by atoms with E-state index >= 15 is 0 Å². The van der Waals surface area contributed by atoms with E-state index < -0.39 is 0 Å². The first-order valence-electron chi connectivity index (χ1n) is 11.4. The molecule has 0 bridgehead atoms. The molecular weight excluding hydrogens is 475 g/mol. The second-order valence-electron chi connectivity index (χ2n) is 9.16. The zero-order valence-electron chi connectivity index (χ0n) is 19.3. The molecule has 2 aliphatic heterocycles. The van der Waals surface area contributed by atoms with Crippen LogP contribution in [0.2, 0.25) is 0 Å². The van der Waals surface area contributed by atoms with Gasteiger partial charge in [-0.25, -0.2) is 0 Å². The average molecular weight is 510 g/mol. The quantitative estimate of drug-likeness (QED) is 0.459. The summed E-state index contributed by atoms with van der Waals surface area (Å²) in [6.45, 7) is 7.91. The van der Waals surface area contributed by atoms with Gasteiger partial charge in [0.15, 0.2) is 0 Å². The van der Waals surface area contributed by atoms with Crippen molar-refractivity contribution in [3.63, 3.8) is 0 Å². The van der Waals surface area contributed by atoms with E-state index in [0.29, 0.717) is 18.2 Å². The van der Waals surface area contributed by atoms with Crippen LogP contribution in [0, 0.1) is 19.8 Å². The second kappa shape index (κ2) is 10.9. The first kappa shape index (κ1) is 26.3. The summed E-state index contributed by atoms with van der Waals surface area (Å²) < 4.78 is 7.85. The normalized spacial score (nSPS) is 21.3. The summed E-state index contributed by atoms with van der Waals surface area (Å²) in [5.74, 6) is 0.948. The number of thiophene rings is 1. The molecule has 0 spiro atoms. The molecule has 2 aromatic carbocycles. The smallest absolute Gasteiger partial charge is 0.122 e. The Labute approximate surface area is 212 Å². The van der Waals surface area contributed by atoms with Crippen LogP contribution in [-0.2, 0) is 17.7 Å². The van der Waals surface area contributed by atoms with Gasteiger partial charge in [0, 0.05) is 34.7 Å². The predicted octanol–water partition coefficient (Wildman–Crippen LogP) is 5.92. The fourth-order valence-electron chi connectivity index (χ4n) is 5.34.